The number of anilines is 2. The number of hydrogen-bond donors (Lipinski definition) is 2. The normalized spacial score (nSPS) is 17.4. The Morgan fingerprint density at radius 3 is 2.76 bits per heavy atom. The van der Waals surface area contributed by atoms with Crippen molar-refractivity contribution in [1.82, 2.24) is 9.97 Å². The molecule has 2 aromatic rings. The van der Waals surface area contributed by atoms with Crippen molar-refractivity contribution in [2.45, 2.75) is 51.0 Å². The third-order valence-corrected chi connectivity index (χ3v) is 5.01. The summed E-state index contributed by atoms with van der Waals surface area (Å²) in [6.07, 6.45) is 8.60. The first-order valence-electron chi connectivity index (χ1n) is 9.24. The maximum Gasteiger partial charge on any atom is 0.227 e. The standard InChI is InChI=1S/C20H24N4O/c25-20(16-5-1-2-6-16)23-17-7-3-4-14(12-17)13-22-18-10-11-21-19(24-18)15-8-9-15/h3-4,7,10-12,15-16H,1-2,5-6,8-9,13H2,(H,23,25)(H,21,22,24). The maximum atomic E-state index is 12.3. The van der Waals surface area contributed by atoms with Gasteiger partial charge in [0, 0.05) is 30.3 Å². The lowest BCUT2D eigenvalue weighted by Crippen LogP contribution is -2.20. The van der Waals surface area contributed by atoms with Gasteiger partial charge in [0.15, 0.2) is 0 Å². The van der Waals surface area contributed by atoms with Crippen LogP contribution in [0, 0.1) is 5.92 Å². The van der Waals surface area contributed by atoms with Gasteiger partial charge in [0.05, 0.1) is 0 Å². The fourth-order valence-corrected chi connectivity index (χ4v) is 3.39. The summed E-state index contributed by atoms with van der Waals surface area (Å²) in [4.78, 5) is 21.2. The first-order valence-corrected chi connectivity index (χ1v) is 9.24. The molecule has 5 nitrogen and oxygen atoms in total. The van der Waals surface area contributed by atoms with Crippen molar-refractivity contribution in [2.24, 2.45) is 5.92 Å². The van der Waals surface area contributed by atoms with E-state index in [1.54, 1.807) is 0 Å². The summed E-state index contributed by atoms with van der Waals surface area (Å²) in [5.41, 5.74) is 1.99. The number of nitrogens with one attached hydrogen (secondary N) is 2. The smallest absolute Gasteiger partial charge is 0.227 e. The fraction of sp³-hybridized carbons (Fsp3) is 0.450. The molecule has 4 rings (SSSR count). The van der Waals surface area contributed by atoms with E-state index in [0.717, 1.165) is 35.7 Å². The Labute approximate surface area is 148 Å². The number of nitrogens with zero attached hydrogens (tertiary/aromatic N) is 2. The summed E-state index contributed by atoms with van der Waals surface area (Å²) < 4.78 is 0. The molecule has 0 saturated heterocycles. The predicted molar refractivity (Wildman–Crippen MR) is 98.4 cm³/mol. The largest absolute Gasteiger partial charge is 0.366 e. The Morgan fingerprint density at radius 1 is 1.12 bits per heavy atom. The molecule has 2 aliphatic rings. The Morgan fingerprint density at radius 2 is 1.96 bits per heavy atom. The highest BCUT2D eigenvalue weighted by molar-refractivity contribution is 5.92. The summed E-state index contributed by atoms with van der Waals surface area (Å²) in [6.45, 7) is 0.675. The van der Waals surface area contributed by atoms with E-state index >= 15 is 0 Å². The zero-order valence-corrected chi connectivity index (χ0v) is 14.4. The molecule has 1 aromatic carbocycles. The number of aromatic nitrogens is 2. The summed E-state index contributed by atoms with van der Waals surface area (Å²) in [6, 6.07) is 9.92. The maximum absolute atomic E-state index is 12.3. The lowest BCUT2D eigenvalue weighted by Gasteiger charge is -2.12. The van der Waals surface area contributed by atoms with Crippen molar-refractivity contribution in [3.05, 3.63) is 47.9 Å². The molecule has 2 N–H and O–H groups in total. The molecule has 0 aliphatic heterocycles. The number of rotatable bonds is 6. The Bertz CT molecular complexity index is 751. The monoisotopic (exact) mass is 336 g/mol. The van der Waals surface area contributed by atoms with Crippen molar-refractivity contribution in [2.75, 3.05) is 10.6 Å². The van der Waals surface area contributed by atoms with Gasteiger partial charge in [-0.3, -0.25) is 4.79 Å². The van der Waals surface area contributed by atoms with Gasteiger partial charge in [0.2, 0.25) is 5.91 Å². The van der Waals surface area contributed by atoms with Crippen molar-refractivity contribution >= 4 is 17.4 Å². The summed E-state index contributed by atoms with van der Waals surface area (Å²) in [5, 5.41) is 6.42. The molecule has 25 heavy (non-hydrogen) atoms. The van der Waals surface area contributed by atoms with Crippen molar-refractivity contribution < 1.29 is 4.79 Å². The second kappa shape index (κ2) is 7.21. The van der Waals surface area contributed by atoms with Crippen molar-refractivity contribution in [3.63, 3.8) is 0 Å². The lowest BCUT2D eigenvalue weighted by atomic mass is 10.1. The van der Waals surface area contributed by atoms with Gasteiger partial charge < -0.3 is 10.6 Å². The average Bonchev–Trinajstić information content (AvgIpc) is 3.34. The second-order valence-corrected chi connectivity index (χ2v) is 7.10. The topological polar surface area (TPSA) is 66.9 Å². The van der Waals surface area contributed by atoms with Crippen LogP contribution in [0.4, 0.5) is 11.5 Å². The predicted octanol–water partition coefficient (Wildman–Crippen LogP) is 4.09. The number of carbonyl (C=O) groups excluding carboxylic acids is 1. The number of carbonyl (C=O) groups is 1. The fourth-order valence-electron chi connectivity index (χ4n) is 3.39. The molecule has 0 radical (unpaired) electrons. The van der Waals surface area contributed by atoms with Gasteiger partial charge in [-0.25, -0.2) is 9.97 Å². The van der Waals surface area contributed by atoms with Crippen LogP contribution in [0.5, 0.6) is 0 Å². The Balaban J connectivity index is 1.36. The van der Waals surface area contributed by atoms with E-state index in [1.807, 2.05) is 30.5 Å². The molecule has 130 valence electrons. The molecule has 2 fully saturated rings. The van der Waals surface area contributed by atoms with Gasteiger partial charge in [0.25, 0.3) is 0 Å². The molecule has 0 bridgehead atoms. The zero-order valence-electron chi connectivity index (χ0n) is 14.4. The SMILES string of the molecule is O=C(Nc1cccc(CNc2ccnc(C3CC3)n2)c1)C1CCCC1. The van der Waals surface area contributed by atoms with Crippen LogP contribution in [0.15, 0.2) is 36.5 Å². The molecule has 1 amide bonds. The van der Waals surface area contributed by atoms with Crippen LogP contribution in [-0.4, -0.2) is 15.9 Å². The molecule has 1 aromatic heterocycles. The van der Waals surface area contributed by atoms with Gasteiger partial charge >= 0.3 is 0 Å². The summed E-state index contributed by atoms with van der Waals surface area (Å²) in [7, 11) is 0. The van der Waals surface area contributed by atoms with Gasteiger partial charge in [-0.1, -0.05) is 25.0 Å². The van der Waals surface area contributed by atoms with Crippen molar-refractivity contribution in [1.29, 1.82) is 0 Å². The molecule has 2 saturated carbocycles. The lowest BCUT2D eigenvalue weighted by molar-refractivity contribution is -0.119. The highest BCUT2D eigenvalue weighted by Gasteiger charge is 2.26. The third-order valence-electron chi connectivity index (χ3n) is 5.01. The van der Waals surface area contributed by atoms with E-state index in [4.69, 9.17) is 0 Å². The average molecular weight is 336 g/mol. The second-order valence-electron chi connectivity index (χ2n) is 7.10. The highest BCUT2D eigenvalue weighted by atomic mass is 16.1. The minimum absolute atomic E-state index is 0.160. The van der Waals surface area contributed by atoms with Gasteiger partial charge in [-0.15, -0.1) is 0 Å². The Kier molecular flexibility index (Phi) is 4.63. The van der Waals surface area contributed by atoms with Gasteiger partial charge in [-0.05, 0) is 49.4 Å². The molecule has 2 aliphatic carbocycles. The first kappa shape index (κ1) is 16.1. The summed E-state index contributed by atoms with van der Waals surface area (Å²) in [5.74, 6) is 2.70. The molecule has 5 heteroatoms. The van der Waals surface area contributed by atoms with Crippen LogP contribution in [0.2, 0.25) is 0 Å². The number of benzene rings is 1. The van der Waals surface area contributed by atoms with Gasteiger partial charge in [-0.2, -0.15) is 0 Å². The van der Waals surface area contributed by atoms with Crippen LogP contribution < -0.4 is 10.6 Å². The van der Waals surface area contributed by atoms with Crippen LogP contribution in [0.1, 0.15) is 55.8 Å². The van der Waals surface area contributed by atoms with Crippen LogP contribution in [-0.2, 0) is 11.3 Å². The highest BCUT2D eigenvalue weighted by Crippen LogP contribution is 2.38. The van der Waals surface area contributed by atoms with E-state index in [0.29, 0.717) is 12.5 Å². The van der Waals surface area contributed by atoms with Crippen LogP contribution >= 0.6 is 0 Å². The van der Waals surface area contributed by atoms with E-state index in [-0.39, 0.29) is 11.8 Å². The third kappa shape index (κ3) is 4.16. The zero-order chi connectivity index (χ0) is 17.1. The van der Waals surface area contributed by atoms with E-state index < -0.39 is 0 Å². The van der Waals surface area contributed by atoms with E-state index in [1.165, 1.54) is 25.7 Å². The molecule has 1 heterocycles. The number of amides is 1. The minimum atomic E-state index is 0.160. The molecule has 0 atom stereocenters. The van der Waals surface area contributed by atoms with E-state index in [2.05, 4.69) is 26.7 Å². The van der Waals surface area contributed by atoms with Crippen LogP contribution in [0.25, 0.3) is 0 Å². The molecule has 0 unspecified atom stereocenters. The molecular weight excluding hydrogens is 312 g/mol. The van der Waals surface area contributed by atoms with Crippen molar-refractivity contribution in [3.8, 4) is 0 Å². The van der Waals surface area contributed by atoms with Gasteiger partial charge in [0.1, 0.15) is 11.6 Å². The Hall–Kier alpha value is -2.43. The number of hydrogen-bond acceptors (Lipinski definition) is 4. The van der Waals surface area contributed by atoms with Crippen LogP contribution in [0.3, 0.4) is 0 Å². The quantitative estimate of drug-likeness (QED) is 0.833. The summed E-state index contributed by atoms with van der Waals surface area (Å²) >= 11 is 0. The molecular formula is C20H24N4O. The van der Waals surface area contributed by atoms with E-state index in [9.17, 15) is 4.79 Å². The first-order chi connectivity index (χ1) is 12.3. The minimum Gasteiger partial charge on any atom is -0.366 e. The molecule has 0 spiro atoms.